The molecule has 16 heavy (non-hydrogen) atoms. The largest absolute Gasteiger partial charge is 0.284 e. The molecule has 0 aromatic carbocycles. The number of aromatic nitrogens is 1. The van der Waals surface area contributed by atoms with Crippen molar-refractivity contribution in [1.29, 1.82) is 0 Å². The van der Waals surface area contributed by atoms with E-state index in [1.807, 2.05) is 6.92 Å². The van der Waals surface area contributed by atoms with Crippen molar-refractivity contribution in [2.45, 2.75) is 27.3 Å². The van der Waals surface area contributed by atoms with Crippen molar-refractivity contribution in [3.63, 3.8) is 0 Å². The number of halogens is 1. The molecular weight excluding hydrogens is 240 g/mol. The van der Waals surface area contributed by atoms with Gasteiger partial charge in [0, 0.05) is 16.7 Å². The van der Waals surface area contributed by atoms with Gasteiger partial charge in [0.2, 0.25) is 0 Å². The average molecular weight is 251 g/mol. The maximum Gasteiger partial charge on any atom is 0.124 e. The molecule has 0 saturated heterocycles. The summed E-state index contributed by atoms with van der Waals surface area (Å²) in [7, 11) is 0. The fourth-order valence-electron chi connectivity index (χ4n) is 2.21. The highest BCUT2D eigenvalue weighted by Crippen LogP contribution is 2.39. The minimum atomic E-state index is 0.781. The topological polar surface area (TPSA) is 25.2 Å². The van der Waals surface area contributed by atoms with Gasteiger partial charge in [-0.05, 0) is 26.3 Å². The number of rotatable bonds is 0. The molecule has 1 aliphatic heterocycles. The number of thiophene rings is 1. The summed E-state index contributed by atoms with van der Waals surface area (Å²) in [4.78, 5) is 11.4. The van der Waals surface area contributed by atoms with Gasteiger partial charge in [-0.15, -0.1) is 11.3 Å². The number of pyridine rings is 1. The molecule has 2 aromatic rings. The first kappa shape index (κ1) is 10.2. The molecule has 0 radical (unpaired) electrons. The molecule has 2 nitrogen and oxygen atoms in total. The second-order valence-corrected chi connectivity index (χ2v) is 5.50. The minimum Gasteiger partial charge on any atom is -0.284 e. The zero-order valence-corrected chi connectivity index (χ0v) is 11.0. The van der Waals surface area contributed by atoms with Gasteiger partial charge in [-0.1, -0.05) is 11.6 Å². The van der Waals surface area contributed by atoms with E-state index in [0.717, 1.165) is 33.4 Å². The molecule has 0 fully saturated rings. The van der Waals surface area contributed by atoms with Gasteiger partial charge in [-0.2, -0.15) is 0 Å². The van der Waals surface area contributed by atoms with E-state index >= 15 is 0 Å². The Labute approximate surface area is 103 Å². The summed E-state index contributed by atoms with van der Waals surface area (Å²) in [6.07, 6.45) is 0. The summed E-state index contributed by atoms with van der Waals surface area (Å²) in [5.41, 5.74) is 4.50. The molecule has 0 saturated carbocycles. The van der Waals surface area contributed by atoms with Gasteiger partial charge in [0.1, 0.15) is 4.83 Å². The lowest BCUT2D eigenvalue weighted by atomic mass is 10.1. The molecular formula is C12H11ClN2S. The van der Waals surface area contributed by atoms with E-state index in [4.69, 9.17) is 11.6 Å². The van der Waals surface area contributed by atoms with E-state index in [1.54, 1.807) is 11.3 Å². The van der Waals surface area contributed by atoms with E-state index in [1.165, 1.54) is 15.8 Å². The normalized spacial score (nSPS) is 14.4. The fourth-order valence-corrected chi connectivity index (χ4v) is 3.61. The van der Waals surface area contributed by atoms with Crippen LogP contribution in [-0.4, -0.2) is 10.7 Å². The Morgan fingerprint density at radius 1 is 1.25 bits per heavy atom. The second kappa shape index (κ2) is 3.28. The highest BCUT2D eigenvalue weighted by Gasteiger charge is 2.22. The molecule has 4 heteroatoms. The Balaban J connectivity index is 2.46. The molecule has 0 amide bonds. The van der Waals surface area contributed by atoms with Crippen molar-refractivity contribution >= 4 is 38.9 Å². The first-order chi connectivity index (χ1) is 7.59. The van der Waals surface area contributed by atoms with Gasteiger partial charge in [0.15, 0.2) is 0 Å². The number of hydrogen-bond donors (Lipinski definition) is 0. The van der Waals surface area contributed by atoms with Crippen molar-refractivity contribution in [2.24, 2.45) is 4.99 Å². The van der Waals surface area contributed by atoms with Crippen LogP contribution >= 0.6 is 22.9 Å². The summed E-state index contributed by atoms with van der Waals surface area (Å²) < 4.78 is 0. The lowest BCUT2D eigenvalue weighted by Gasteiger charge is -2.04. The number of nitrogens with zero attached hydrogens (tertiary/aromatic N) is 2. The third-order valence-electron chi connectivity index (χ3n) is 3.08. The van der Waals surface area contributed by atoms with Gasteiger partial charge in [-0.3, -0.25) is 4.99 Å². The Bertz CT molecular complexity index is 640. The molecule has 0 N–H and O–H groups in total. The lowest BCUT2D eigenvalue weighted by Crippen LogP contribution is -1.89. The molecule has 2 aromatic heterocycles. The predicted octanol–water partition coefficient (Wildman–Crippen LogP) is 3.89. The van der Waals surface area contributed by atoms with E-state index in [-0.39, 0.29) is 0 Å². The highest BCUT2D eigenvalue weighted by atomic mass is 35.5. The quantitative estimate of drug-likeness (QED) is 0.696. The van der Waals surface area contributed by atoms with Crippen LogP contribution in [0.15, 0.2) is 4.99 Å². The Morgan fingerprint density at radius 2 is 2.00 bits per heavy atom. The molecule has 0 spiro atoms. The molecule has 0 atom stereocenters. The van der Waals surface area contributed by atoms with Crippen molar-refractivity contribution in [1.82, 2.24) is 4.98 Å². The zero-order chi connectivity index (χ0) is 11.4. The van der Waals surface area contributed by atoms with Gasteiger partial charge < -0.3 is 0 Å². The van der Waals surface area contributed by atoms with Crippen LogP contribution < -0.4 is 0 Å². The van der Waals surface area contributed by atoms with Gasteiger partial charge in [-0.25, -0.2) is 4.98 Å². The monoisotopic (exact) mass is 250 g/mol. The molecule has 1 aliphatic rings. The SMILES string of the molecule is CC1=NCc2c1sc1nc(C)c(Cl)c(C)c21. The predicted molar refractivity (Wildman–Crippen MR) is 70.0 cm³/mol. The number of fused-ring (bicyclic) bond motifs is 3. The summed E-state index contributed by atoms with van der Waals surface area (Å²) >= 11 is 7.99. The molecule has 0 unspecified atom stereocenters. The number of aryl methyl sites for hydroxylation is 2. The smallest absolute Gasteiger partial charge is 0.124 e. The molecule has 0 aliphatic carbocycles. The van der Waals surface area contributed by atoms with Gasteiger partial charge >= 0.3 is 0 Å². The van der Waals surface area contributed by atoms with Crippen LogP contribution in [0, 0.1) is 13.8 Å². The Kier molecular flexibility index (Phi) is 2.10. The van der Waals surface area contributed by atoms with Crippen LogP contribution in [0.3, 0.4) is 0 Å². The average Bonchev–Trinajstić information content (AvgIpc) is 2.76. The van der Waals surface area contributed by atoms with Crippen molar-refractivity contribution in [3.8, 4) is 0 Å². The van der Waals surface area contributed by atoms with Gasteiger partial charge in [0.25, 0.3) is 0 Å². The summed E-state index contributed by atoms with van der Waals surface area (Å²) in [6, 6.07) is 0. The van der Waals surface area contributed by atoms with E-state index in [9.17, 15) is 0 Å². The standard InChI is InChI=1S/C12H11ClN2S/c1-5-9-8-4-14-7(3)11(8)16-12(9)15-6(2)10(5)13/h4H2,1-3H3. The summed E-state index contributed by atoms with van der Waals surface area (Å²) in [5, 5.41) is 2.01. The molecule has 3 heterocycles. The third kappa shape index (κ3) is 1.19. The van der Waals surface area contributed by atoms with Crippen LogP contribution in [0.1, 0.15) is 28.6 Å². The molecule has 0 bridgehead atoms. The first-order valence-electron chi connectivity index (χ1n) is 5.19. The van der Waals surface area contributed by atoms with E-state index in [0.29, 0.717) is 0 Å². The van der Waals surface area contributed by atoms with Crippen LogP contribution in [0.4, 0.5) is 0 Å². The van der Waals surface area contributed by atoms with Crippen LogP contribution in [0.25, 0.3) is 10.2 Å². The maximum absolute atomic E-state index is 6.26. The zero-order valence-electron chi connectivity index (χ0n) is 9.39. The van der Waals surface area contributed by atoms with Crippen LogP contribution in [0.2, 0.25) is 5.02 Å². The highest BCUT2D eigenvalue weighted by molar-refractivity contribution is 7.20. The van der Waals surface area contributed by atoms with Crippen molar-refractivity contribution in [2.75, 3.05) is 0 Å². The number of aliphatic imine (C=N–C) groups is 1. The van der Waals surface area contributed by atoms with Crippen molar-refractivity contribution in [3.05, 3.63) is 26.7 Å². The fraction of sp³-hybridized carbons (Fsp3) is 0.333. The lowest BCUT2D eigenvalue weighted by molar-refractivity contribution is 1.12. The summed E-state index contributed by atoms with van der Waals surface area (Å²) in [5.74, 6) is 0. The van der Waals surface area contributed by atoms with Crippen LogP contribution in [-0.2, 0) is 6.54 Å². The molecule has 82 valence electrons. The van der Waals surface area contributed by atoms with Gasteiger partial charge in [0.05, 0.1) is 22.1 Å². The van der Waals surface area contributed by atoms with Crippen LogP contribution in [0.5, 0.6) is 0 Å². The Morgan fingerprint density at radius 3 is 2.75 bits per heavy atom. The van der Waals surface area contributed by atoms with Crippen molar-refractivity contribution < 1.29 is 0 Å². The molecule has 3 rings (SSSR count). The van der Waals surface area contributed by atoms with E-state index < -0.39 is 0 Å². The number of hydrogen-bond acceptors (Lipinski definition) is 3. The second-order valence-electron chi connectivity index (χ2n) is 4.13. The first-order valence-corrected chi connectivity index (χ1v) is 6.38. The summed E-state index contributed by atoms with van der Waals surface area (Å²) in [6.45, 7) is 6.87. The third-order valence-corrected chi connectivity index (χ3v) is 4.87. The van der Waals surface area contributed by atoms with E-state index in [2.05, 4.69) is 23.8 Å². The maximum atomic E-state index is 6.26. The minimum absolute atomic E-state index is 0.781. The Hall–Kier alpha value is -0.930.